The lowest BCUT2D eigenvalue weighted by molar-refractivity contribution is -0.138. The van der Waals surface area contributed by atoms with E-state index in [0.717, 1.165) is 17.3 Å². The van der Waals surface area contributed by atoms with Gasteiger partial charge in [-0.25, -0.2) is 4.68 Å². The third-order valence-corrected chi connectivity index (χ3v) is 6.20. The van der Waals surface area contributed by atoms with E-state index in [-0.39, 0.29) is 28.7 Å². The predicted molar refractivity (Wildman–Crippen MR) is 110 cm³/mol. The molecule has 0 unspecified atom stereocenters. The Morgan fingerprint density at radius 1 is 1.22 bits per heavy atom. The summed E-state index contributed by atoms with van der Waals surface area (Å²) in [7, 11) is 0. The zero-order chi connectivity index (χ0) is 22.7. The molecule has 0 saturated carbocycles. The summed E-state index contributed by atoms with van der Waals surface area (Å²) >= 11 is 0. The normalized spacial score (nSPS) is 17.4. The third kappa shape index (κ3) is 3.28. The smallest absolute Gasteiger partial charge is 0.379 e. The predicted octanol–water partition coefficient (Wildman–Crippen LogP) is 3.92. The van der Waals surface area contributed by atoms with E-state index >= 15 is 0 Å². The second-order valence-electron chi connectivity index (χ2n) is 8.42. The number of fused-ring (bicyclic) bond motifs is 1. The van der Waals surface area contributed by atoms with Crippen molar-refractivity contribution in [3.63, 3.8) is 0 Å². The molecule has 6 nitrogen and oxygen atoms in total. The fraction of sp³-hybridized carbons (Fsp3) is 0.304. The fourth-order valence-electron chi connectivity index (χ4n) is 4.38. The van der Waals surface area contributed by atoms with Crippen LogP contribution in [0.25, 0.3) is 0 Å². The number of carbonyl (C=O) groups is 1. The number of carbonyl (C=O) groups excluding carboxylic acids is 1. The highest BCUT2D eigenvalue weighted by Crippen LogP contribution is 2.41. The van der Waals surface area contributed by atoms with Crippen LogP contribution in [0.15, 0.2) is 42.6 Å². The first-order chi connectivity index (χ1) is 15.2. The Hall–Kier alpha value is -3.20. The number of aryl methyl sites for hydroxylation is 1. The zero-order valence-electron chi connectivity index (χ0n) is 17.3. The molecule has 0 spiro atoms. The molecule has 0 atom stereocenters. The summed E-state index contributed by atoms with van der Waals surface area (Å²) in [5.41, 5.74) is 1.45. The second kappa shape index (κ2) is 7.16. The van der Waals surface area contributed by atoms with Crippen molar-refractivity contribution in [2.24, 2.45) is 0 Å². The van der Waals surface area contributed by atoms with Gasteiger partial charge in [-0.05, 0) is 54.8 Å². The molecule has 0 N–H and O–H groups in total. The molecule has 2 aliphatic rings. The lowest BCUT2D eigenvalue weighted by Crippen LogP contribution is -2.50. The summed E-state index contributed by atoms with van der Waals surface area (Å²) < 4.78 is 48.1. The summed E-state index contributed by atoms with van der Waals surface area (Å²) in [6, 6.07) is 9.77. The van der Waals surface area contributed by atoms with Gasteiger partial charge in [0.1, 0.15) is 0 Å². The molecule has 0 aliphatic carbocycles. The summed E-state index contributed by atoms with van der Waals surface area (Å²) in [5, 5.41) is 8.05. The lowest BCUT2D eigenvalue weighted by atomic mass is 9.78. The van der Waals surface area contributed by atoms with Gasteiger partial charge in [0.15, 0.2) is 0 Å². The molecule has 165 valence electrons. The Morgan fingerprint density at radius 2 is 2.00 bits per heavy atom. The standard InChI is InChI=1S/C23H20F3N4O2/c1-14-6-18-19(20(7-14)23(24,25)26)10-29(21(18)31)17-5-3-4-16(8-17)22(12-32-13-22)11-30-15(2)9-27-28-30/h3-9H,1,10-13H2,2H3. The Kier molecular flexibility index (Phi) is 4.63. The highest BCUT2D eigenvalue weighted by atomic mass is 19.4. The van der Waals surface area contributed by atoms with E-state index < -0.39 is 17.6 Å². The number of rotatable bonds is 4. The van der Waals surface area contributed by atoms with Crippen LogP contribution < -0.4 is 4.90 Å². The summed E-state index contributed by atoms with van der Waals surface area (Å²) in [6.07, 6.45) is -2.88. The first-order valence-corrected chi connectivity index (χ1v) is 10.1. The molecular weight excluding hydrogens is 421 g/mol. The van der Waals surface area contributed by atoms with Crippen LogP contribution in [-0.2, 0) is 29.4 Å². The van der Waals surface area contributed by atoms with Crippen molar-refractivity contribution < 1.29 is 22.7 Å². The van der Waals surface area contributed by atoms with Crippen molar-refractivity contribution >= 4 is 11.6 Å². The van der Waals surface area contributed by atoms with E-state index in [4.69, 9.17) is 4.74 Å². The number of anilines is 1. The molecule has 3 heterocycles. The van der Waals surface area contributed by atoms with Gasteiger partial charge < -0.3 is 9.64 Å². The van der Waals surface area contributed by atoms with Crippen molar-refractivity contribution in [2.45, 2.75) is 31.6 Å². The van der Waals surface area contributed by atoms with E-state index in [1.807, 2.05) is 25.1 Å². The van der Waals surface area contributed by atoms with E-state index in [0.29, 0.717) is 25.4 Å². The molecule has 2 aliphatic heterocycles. The molecule has 3 aromatic rings. The van der Waals surface area contributed by atoms with E-state index in [1.54, 1.807) is 16.9 Å². The quantitative estimate of drug-likeness (QED) is 0.616. The average molecular weight is 441 g/mol. The van der Waals surface area contributed by atoms with Crippen LogP contribution in [-0.4, -0.2) is 34.1 Å². The number of ether oxygens (including phenoxy) is 1. The Bertz CT molecular complexity index is 1210. The van der Waals surface area contributed by atoms with E-state index in [9.17, 15) is 18.0 Å². The van der Waals surface area contributed by atoms with Gasteiger partial charge in [-0.1, -0.05) is 17.3 Å². The Balaban J connectivity index is 1.50. The van der Waals surface area contributed by atoms with Crippen LogP contribution in [0.4, 0.5) is 18.9 Å². The van der Waals surface area contributed by atoms with Gasteiger partial charge in [0.2, 0.25) is 0 Å². The highest BCUT2D eigenvalue weighted by molar-refractivity contribution is 6.10. The number of nitrogens with zero attached hydrogens (tertiary/aromatic N) is 4. The van der Waals surface area contributed by atoms with Gasteiger partial charge >= 0.3 is 6.18 Å². The van der Waals surface area contributed by atoms with Gasteiger partial charge in [-0.3, -0.25) is 4.79 Å². The topological polar surface area (TPSA) is 60.3 Å². The molecule has 0 bridgehead atoms. The van der Waals surface area contributed by atoms with Gasteiger partial charge in [0, 0.05) is 11.3 Å². The number of amides is 1. The third-order valence-electron chi connectivity index (χ3n) is 6.20. The van der Waals surface area contributed by atoms with Crippen LogP contribution in [0.1, 0.15) is 38.3 Å². The second-order valence-corrected chi connectivity index (χ2v) is 8.42. The van der Waals surface area contributed by atoms with E-state index in [1.165, 1.54) is 11.0 Å². The number of benzene rings is 2. The van der Waals surface area contributed by atoms with Gasteiger partial charge in [-0.2, -0.15) is 13.2 Å². The molecule has 1 saturated heterocycles. The fourth-order valence-corrected chi connectivity index (χ4v) is 4.38. The molecule has 5 rings (SSSR count). The number of aromatic nitrogens is 3. The summed E-state index contributed by atoms with van der Waals surface area (Å²) in [5.74, 6) is -0.459. The minimum Gasteiger partial charge on any atom is -0.379 e. The van der Waals surface area contributed by atoms with Crippen molar-refractivity contribution in [3.05, 3.63) is 83.0 Å². The Labute approximate surface area is 182 Å². The maximum absolute atomic E-state index is 13.6. The maximum atomic E-state index is 13.6. The monoisotopic (exact) mass is 441 g/mol. The van der Waals surface area contributed by atoms with Gasteiger partial charge in [0.05, 0.1) is 49.2 Å². The largest absolute Gasteiger partial charge is 0.416 e. The molecular formula is C23H20F3N4O2. The molecule has 1 amide bonds. The number of hydrogen-bond acceptors (Lipinski definition) is 4. The van der Waals surface area contributed by atoms with Crippen molar-refractivity contribution in [1.82, 2.24) is 15.0 Å². The van der Waals surface area contributed by atoms with Crippen LogP contribution in [0.3, 0.4) is 0 Å². The molecule has 2 aromatic carbocycles. The summed E-state index contributed by atoms with van der Waals surface area (Å²) in [6.45, 7) is 6.90. The molecule has 1 fully saturated rings. The minimum absolute atomic E-state index is 0.0137. The highest BCUT2D eigenvalue weighted by Gasteiger charge is 2.43. The number of alkyl halides is 3. The van der Waals surface area contributed by atoms with Crippen molar-refractivity contribution in [1.29, 1.82) is 0 Å². The van der Waals surface area contributed by atoms with E-state index in [2.05, 4.69) is 17.2 Å². The van der Waals surface area contributed by atoms with Crippen molar-refractivity contribution in [2.75, 3.05) is 18.1 Å². The first kappa shape index (κ1) is 20.7. The SMILES string of the molecule is [CH2]c1cc2c(c(C(F)(F)F)c1)CN(c1cccc(C3(Cn4nncc4C)COC3)c1)C2=O. The molecule has 1 aromatic heterocycles. The first-order valence-electron chi connectivity index (χ1n) is 10.1. The molecule has 9 heteroatoms. The summed E-state index contributed by atoms with van der Waals surface area (Å²) in [4.78, 5) is 14.4. The van der Waals surface area contributed by atoms with Gasteiger partial charge in [0.25, 0.3) is 5.91 Å². The molecule has 32 heavy (non-hydrogen) atoms. The van der Waals surface area contributed by atoms with Crippen LogP contribution in [0.5, 0.6) is 0 Å². The van der Waals surface area contributed by atoms with Crippen LogP contribution in [0, 0.1) is 13.8 Å². The minimum atomic E-state index is -4.56. The maximum Gasteiger partial charge on any atom is 0.416 e. The number of halogens is 3. The van der Waals surface area contributed by atoms with Crippen molar-refractivity contribution in [3.8, 4) is 0 Å². The molecule has 1 radical (unpaired) electrons. The lowest BCUT2D eigenvalue weighted by Gasteiger charge is -2.42. The Morgan fingerprint density at radius 3 is 2.62 bits per heavy atom. The number of hydrogen-bond donors (Lipinski definition) is 0. The average Bonchev–Trinajstić information content (AvgIpc) is 3.26. The van der Waals surface area contributed by atoms with Crippen LogP contribution >= 0.6 is 0 Å². The zero-order valence-corrected chi connectivity index (χ0v) is 17.3. The van der Waals surface area contributed by atoms with Crippen LogP contribution in [0.2, 0.25) is 0 Å². The van der Waals surface area contributed by atoms with Gasteiger partial charge in [-0.15, -0.1) is 5.10 Å².